The predicted octanol–water partition coefficient (Wildman–Crippen LogP) is 9.11. The molecule has 356 valence electrons. The highest BCUT2D eigenvalue weighted by molar-refractivity contribution is 6.99. The minimum Gasteiger partial charge on any atom is -0.459 e. The topological polar surface area (TPSA) is 154 Å². The Balaban J connectivity index is 1.28. The van der Waals surface area contributed by atoms with Crippen LogP contribution in [-0.2, 0) is 37.7 Å². The fraction of sp³-hybridized carbons (Fsp3) is 0.720. The van der Waals surface area contributed by atoms with E-state index < -0.39 is 56.9 Å². The van der Waals surface area contributed by atoms with Crippen molar-refractivity contribution >= 4 is 30.6 Å². The van der Waals surface area contributed by atoms with E-state index in [-0.39, 0.29) is 43.2 Å². The fourth-order valence-electron chi connectivity index (χ4n) is 9.72. The van der Waals surface area contributed by atoms with E-state index in [4.69, 9.17) is 33.6 Å². The zero-order valence-corrected chi connectivity index (χ0v) is 41.0. The molecule has 5 rings (SSSR count). The van der Waals surface area contributed by atoms with Crippen LogP contribution in [0.3, 0.4) is 0 Å². The van der Waals surface area contributed by atoms with E-state index in [1.807, 2.05) is 62.2 Å². The highest BCUT2D eigenvalue weighted by Crippen LogP contribution is 2.43. The van der Waals surface area contributed by atoms with Gasteiger partial charge in [0.25, 0.3) is 8.32 Å². The summed E-state index contributed by atoms with van der Waals surface area (Å²) >= 11 is 0. The molecule has 3 heterocycles. The molecule has 0 aromatic heterocycles. The summed E-state index contributed by atoms with van der Waals surface area (Å²) in [6, 6.07) is 19.4. The first-order valence-corrected chi connectivity index (χ1v) is 26.4. The van der Waals surface area contributed by atoms with Crippen LogP contribution in [0.25, 0.3) is 10.4 Å². The Morgan fingerprint density at radius 1 is 0.844 bits per heavy atom. The van der Waals surface area contributed by atoms with E-state index in [0.717, 1.165) is 29.6 Å². The highest BCUT2D eigenvalue weighted by Gasteiger charge is 2.58. The zero-order valence-electron chi connectivity index (χ0n) is 40.0. The Morgan fingerprint density at radius 3 is 1.92 bits per heavy atom. The van der Waals surface area contributed by atoms with Gasteiger partial charge in [-0.3, -0.25) is 14.5 Å². The number of nitrogens with one attached hydrogen (secondary N) is 1. The first-order valence-electron chi connectivity index (χ1n) is 24.5. The Bertz CT molecular complexity index is 1700. The van der Waals surface area contributed by atoms with Crippen LogP contribution in [-0.4, -0.2) is 107 Å². The fourth-order valence-corrected chi connectivity index (χ4v) is 14.3. The number of likely N-dealkylation sites (N-methyl/N-ethyl adjacent to an activating group) is 1. The Hall–Kier alpha value is -3.33. The van der Waals surface area contributed by atoms with E-state index in [2.05, 4.69) is 67.3 Å². The number of hydrogen-bond acceptors (Lipinski definition) is 10. The summed E-state index contributed by atoms with van der Waals surface area (Å²) in [4.78, 5) is 32.9. The number of nitrogens with zero attached hydrogens (tertiary/aromatic N) is 4. The molecule has 64 heavy (non-hydrogen) atoms. The summed E-state index contributed by atoms with van der Waals surface area (Å²) < 4.78 is 39.2. The maximum absolute atomic E-state index is 14.4. The third-order valence-electron chi connectivity index (χ3n) is 13.5. The molecule has 13 nitrogen and oxygen atoms in total. The van der Waals surface area contributed by atoms with Gasteiger partial charge < -0.3 is 33.4 Å². The molecular formula is C50H79N5O8Si. The van der Waals surface area contributed by atoms with Crippen molar-refractivity contribution in [3.8, 4) is 0 Å². The van der Waals surface area contributed by atoms with Crippen LogP contribution in [0.4, 0.5) is 0 Å². The first kappa shape index (κ1) is 51.6. The molecule has 0 aliphatic carbocycles. The molecule has 3 aliphatic heterocycles. The lowest BCUT2D eigenvalue weighted by molar-refractivity contribution is -0.249. The number of ether oxygens (including phenoxy) is 5. The van der Waals surface area contributed by atoms with Gasteiger partial charge >= 0.3 is 5.97 Å². The molecule has 0 unspecified atom stereocenters. The molecule has 1 amide bonds. The second-order valence-electron chi connectivity index (χ2n) is 19.1. The van der Waals surface area contributed by atoms with Crippen LogP contribution in [0.1, 0.15) is 144 Å². The summed E-state index contributed by atoms with van der Waals surface area (Å²) in [6.45, 7) is 13.4. The van der Waals surface area contributed by atoms with Crippen LogP contribution >= 0.6 is 0 Å². The van der Waals surface area contributed by atoms with Gasteiger partial charge in [-0.25, -0.2) is 0 Å². The number of benzene rings is 2. The molecule has 2 aromatic rings. The van der Waals surface area contributed by atoms with Crippen LogP contribution in [0, 0.1) is 0 Å². The molecule has 0 bridgehead atoms. The first-order chi connectivity index (χ1) is 30.9. The third-order valence-corrected chi connectivity index (χ3v) is 18.5. The Morgan fingerprint density at radius 2 is 1.39 bits per heavy atom. The van der Waals surface area contributed by atoms with Gasteiger partial charge in [0.2, 0.25) is 5.91 Å². The predicted molar refractivity (Wildman–Crippen MR) is 254 cm³/mol. The monoisotopic (exact) mass is 906 g/mol. The highest BCUT2D eigenvalue weighted by atomic mass is 28.4. The summed E-state index contributed by atoms with van der Waals surface area (Å²) in [5.74, 6) is -1.34. The van der Waals surface area contributed by atoms with Crippen molar-refractivity contribution in [2.75, 3.05) is 33.4 Å². The van der Waals surface area contributed by atoms with Gasteiger partial charge in [-0.15, -0.1) is 0 Å². The van der Waals surface area contributed by atoms with E-state index in [9.17, 15) is 9.59 Å². The molecule has 3 aliphatic rings. The van der Waals surface area contributed by atoms with Crippen molar-refractivity contribution in [2.45, 2.75) is 198 Å². The lowest BCUT2D eigenvalue weighted by Crippen LogP contribution is -2.68. The summed E-state index contributed by atoms with van der Waals surface area (Å²) in [5, 5.41) is 8.96. The van der Waals surface area contributed by atoms with Crippen LogP contribution < -0.4 is 15.7 Å². The maximum atomic E-state index is 14.4. The molecule has 1 N–H and O–H groups in total. The van der Waals surface area contributed by atoms with Crippen LogP contribution in [0.2, 0.25) is 5.04 Å². The molecular weight excluding hydrogens is 827 g/mol. The number of unbranched alkanes of at least 4 members (excludes halogenated alkanes) is 12. The largest absolute Gasteiger partial charge is 0.459 e. The second-order valence-corrected chi connectivity index (χ2v) is 23.4. The van der Waals surface area contributed by atoms with Crippen molar-refractivity contribution in [1.82, 2.24) is 10.2 Å². The molecule has 0 spiro atoms. The van der Waals surface area contributed by atoms with Crippen molar-refractivity contribution in [3.05, 3.63) is 71.1 Å². The van der Waals surface area contributed by atoms with Gasteiger partial charge in [-0.05, 0) is 47.3 Å². The van der Waals surface area contributed by atoms with E-state index in [1.54, 1.807) is 0 Å². The number of carbonyl (C=O) groups is 2. The van der Waals surface area contributed by atoms with Crippen molar-refractivity contribution < 1.29 is 37.7 Å². The quantitative estimate of drug-likeness (QED) is 0.0231. The molecule has 7 atom stereocenters. The molecule has 2 aromatic carbocycles. The summed E-state index contributed by atoms with van der Waals surface area (Å²) in [7, 11) is -1.16. The molecule has 0 radical (unpaired) electrons. The van der Waals surface area contributed by atoms with Crippen molar-refractivity contribution in [3.63, 3.8) is 0 Å². The van der Waals surface area contributed by atoms with E-state index in [0.29, 0.717) is 19.3 Å². The van der Waals surface area contributed by atoms with E-state index >= 15 is 0 Å². The van der Waals surface area contributed by atoms with Gasteiger partial charge in [0.15, 0.2) is 12.1 Å². The van der Waals surface area contributed by atoms with Crippen molar-refractivity contribution in [2.24, 2.45) is 5.11 Å². The number of azide groups is 1. The van der Waals surface area contributed by atoms with Gasteiger partial charge in [0.1, 0.15) is 24.4 Å². The van der Waals surface area contributed by atoms with Gasteiger partial charge in [-0.2, -0.15) is 0 Å². The molecule has 3 saturated heterocycles. The molecule has 14 heteroatoms. The third kappa shape index (κ3) is 13.6. The minimum absolute atomic E-state index is 0.0268. The van der Waals surface area contributed by atoms with E-state index in [1.165, 1.54) is 64.2 Å². The van der Waals surface area contributed by atoms with Gasteiger partial charge in [-0.1, -0.05) is 184 Å². The SMILES string of the molecule is CCCCCCCCCCCCCCCC(=O)O[C@H]1CN(C)[C@@H](CO[C@@H]2O[C@H](CN=[N+]=[N-])[C@H]3OC(CC)(CC)O[C@@H]23)C(=O)N[C@@H]1CO[Si](c1ccccc1)(c1ccccc1)C(C)(C)C. The number of fused-ring (bicyclic) bond motifs is 1. The van der Waals surface area contributed by atoms with Gasteiger partial charge in [0.05, 0.1) is 31.9 Å². The molecule has 0 saturated carbocycles. The number of rotatable bonds is 27. The zero-order chi connectivity index (χ0) is 46.0. The smallest absolute Gasteiger partial charge is 0.306 e. The summed E-state index contributed by atoms with van der Waals surface area (Å²) in [5.41, 5.74) is 9.06. The number of esters is 1. The summed E-state index contributed by atoms with van der Waals surface area (Å²) in [6.07, 6.45) is 14.4. The maximum Gasteiger partial charge on any atom is 0.306 e. The number of amides is 1. The number of carbonyl (C=O) groups excluding carboxylic acids is 2. The lowest BCUT2D eigenvalue weighted by Gasteiger charge is -2.44. The number of hydrogen-bond donors (Lipinski definition) is 1. The van der Waals surface area contributed by atoms with Crippen LogP contribution in [0.15, 0.2) is 65.8 Å². The normalized spacial score (nSPS) is 24.7. The standard InChI is InChI=1S/C50H79N5O8Si/c1-8-11-12-13-14-15-16-17-18-19-20-21-28-33-44(56)60-43-35-55(7)41(37-58-48-46-45(42(61-48)34-52-54-51)62-50(9-2,10-3)63-46)47(57)53-40(43)36-59-64(49(4,5)6,38-29-24-22-25-30-38)39-31-26-23-27-32-39/h22-27,29-32,40-43,45-46,48H,8-21,28,33-37H2,1-7H3,(H,53,57)/t40-,41+,42-,43+,45-,46-,48-/m1/s1. The van der Waals surface area contributed by atoms with Crippen molar-refractivity contribution in [1.29, 1.82) is 0 Å². The Kier molecular flexibility index (Phi) is 20.6. The van der Waals surface area contributed by atoms with Crippen LogP contribution in [0.5, 0.6) is 0 Å². The Labute approximate surface area is 384 Å². The minimum atomic E-state index is -3.01. The lowest BCUT2D eigenvalue weighted by atomic mass is 10.0. The second kappa shape index (κ2) is 25.5. The van der Waals surface area contributed by atoms with Gasteiger partial charge in [0, 0.05) is 17.9 Å². The molecule has 3 fully saturated rings. The average molecular weight is 906 g/mol. The average Bonchev–Trinajstić information content (AvgIpc) is 3.80.